The van der Waals surface area contributed by atoms with Crippen molar-refractivity contribution in [3.05, 3.63) is 6.92 Å². The van der Waals surface area contributed by atoms with Crippen LogP contribution in [0.5, 0.6) is 0 Å². The van der Waals surface area contributed by atoms with Crippen molar-refractivity contribution in [3.63, 3.8) is 0 Å². The average molecular weight is 185 g/mol. The standard InChI is InChI=1S/C11H21O2/c1-3-4-5-6-7-8-9-10(2)11(12)13/h10H,2-9H2,1H3,(H,12,13). The van der Waals surface area contributed by atoms with Gasteiger partial charge in [-0.25, -0.2) is 0 Å². The zero-order chi connectivity index (χ0) is 10.1. The molecule has 0 fully saturated rings. The maximum atomic E-state index is 10.4. The molecule has 2 nitrogen and oxygen atoms in total. The predicted octanol–water partition coefficient (Wildman–Crippen LogP) is 3.27. The first-order chi connectivity index (χ1) is 6.18. The number of hydrogen-bond donors (Lipinski definition) is 1. The molecule has 0 aliphatic carbocycles. The number of carboxylic acids is 1. The van der Waals surface area contributed by atoms with Crippen molar-refractivity contribution >= 4 is 5.97 Å². The van der Waals surface area contributed by atoms with E-state index >= 15 is 0 Å². The molecule has 0 aromatic rings. The second-order valence-electron chi connectivity index (χ2n) is 3.59. The molecule has 1 radical (unpaired) electrons. The Bertz CT molecular complexity index is 132. The number of carbonyl (C=O) groups is 1. The second kappa shape index (κ2) is 8.09. The molecule has 0 spiro atoms. The van der Waals surface area contributed by atoms with Gasteiger partial charge < -0.3 is 5.11 Å². The van der Waals surface area contributed by atoms with Crippen LogP contribution in [0.15, 0.2) is 0 Å². The molecule has 77 valence electrons. The monoisotopic (exact) mass is 185 g/mol. The third-order valence-corrected chi connectivity index (χ3v) is 2.26. The van der Waals surface area contributed by atoms with Gasteiger partial charge in [-0.3, -0.25) is 4.79 Å². The maximum absolute atomic E-state index is 10.4. The molecule has 0 saturated heterocycles. The molecule has 1 unspecified atom stereocenters. The summed E-state index contributed by atoms with van der Waals surface area (Å²) in [5.74, 6) is -1.18. The van der Waals surface area contributed by atoms with Crippen LogP contribution in [0.25, 0.3) is 0 Å². The SMILES string of the molecule is [CH2]C(CCCCCCCC)C(=O)O. The fourth-order valence-corrected chi connectivity index (χ4v) is 1.29. The minimum atomic E-state index is -0.770. The first-order valence-electron chi connectivity index (χ1n) is 5.24. The van der Waals surface area contributed by atoms with Crippen molar-refractivity contribution in [3.8, 4) is 0 Å². The fraction of sp³-hybridized carbons (Fsp3) is 0.818. The molecule has 0 aliphatic rings. The molecule has 0 aromatic heterocycles. The Balaban J connectivity index is 3.11. The van der Waals surface area contributed by atoms with Crippen LogP contribution in [-0.2, 0) is 4.79 Å². The van der Waals surface area contributed by atoms with E-state index in [0.717, 1.165) is 19.3 Å². The van der Waals surface area contributed by atoms with Gasteiger partial charge in [0.05, 0.1) is 5.92 Å². The lowest BCUT2D eigenvalue weighted by atomic mass is 10.0. The van der Waals surface area contributed by atoms with Crippen LogP contribution in [0.2, 0.25) is 0 Å². The second-order valence-corrected chi connectivity index (χ2v) is 3.59. The number of rotatable bonds is 8. The smallest absolute Gasteiger partial charge is 0.306 e. The summed E-state index contributed by atoms with van der Waals surface area (Å²) in [6.07, 6.45) is 7.95. The molecule has 1 atom stereocenters. The summed E-state index contributed by atoms with van der Waals surface area (Å²) in [5, 5.41) is 8.56. The summed E-state index contributed by atoms with van der Waals surface area (Å²) in [6, 6.07) is 0. The van der Waals surface area contributed by atoms with E-state index < -0.39 is 11.9 Å². The Hall–Kier alpha value is -0.530. The molecule has 0 amide bonds. The van der Waals surface area contributed by atoms with Crippen LogP contribution in [0.3, 0.4) is 0 Å². The zero-order valence-corrected chi connectivity index (χ0v) is 8.59. The van der Waals surface area contributed by atoms with E-state index in [4.69, 9.17) is 5.11 Å². The Kier molecular flexibility index (Phi) is 7.76. The van der Waals surface area contributed by atoms with E-state index in [1.807, 2.05) is 0 Å². The van der Waals surface area contributed by atoms with Gasteiger partial charge in [-0.1, -0.05) is 45.4 Å². The van der Waals surface area contributed by atoms with Crippen LogP contribution in [0, 0.1) is 12.8 Å². The number of hydrogen-bond acceptors (Lipinski definition) is 1. The quantitative estimate of drug-likeness (QED) is 0.589. The topological polar surface area (TPSA) is 37.3 Å². The highest BCUT2D eigenvalue weighted by molar-refractivity contribution is 5.70. The Morgan fingerprint density at radius 2 is 1.77 bits per heavy atom. The summed E-state index contributed by atoms with van der Waals surface area (Å²) in [4.78, 5) is 10.4. The predicted molar refractivity (Wildman–Crippen MR) is 54.5 cm³/mol. The van der Waals surface area contributed by atoms with E-state index in [2.05, 4.69) is 13.8 Å². The van der Waals surface area contributed by atoms with E-state index in [9.17, 15) is 4.79 Å². The van der Waals surface area contributed by atoms with Crippen LogP contribution >= 0.6 is 0 Å². The molecule has 13 heavy (non-hydrogen) atoms. The van der Waals surface area contributed by atoms with Crippen molar-refractivity contribution in [1.29, 1.82) is 0 Å². The Morgan fingerprint density at radius 3 is 2.31 bits per heavy atom. The van der Waals surface area contributed by atoms with E-state index in [0.29, 0.717) is 0 Å². The lowest BCUT2D eigenvalue weighted by Gasteiger charge is -2.04. The first kappa shape index (κ1) is 12.5. The molecule has 2 heteroatoms. The highest BCUT2D eigenvalue weighted by atomic mass is 16.4. The van der Waals surface area contributed by atoms with Crippen molar-refractivity contribution in [2.75, 3.05) is 0 Å². The molecule has 0 aliphatic heterocycles. The van der Waals surface area contributed by atoms with Crippen LogP contribution in [0.4, 0.5) is 0 Å². The summed E-state index contributed by atoms with van der Waals surface area (Å²) >= 11 is 0. The summed E-state index contributed by atoms with van der Waals surface area (Å²) in [6.45, 7) is 5.76. The van der Waals surface area contributed by atoms with Gasteiger partial charge in [0.15, 0.2) is 0 Å². The van der Waals surface area contributed by atoms with Crippen LogP contribution < -0.4 is 0 Å². The van der Waals surface area contributed by atoms with Gasteiger partial charge in [-0.05, 0) is 13.3 Å². The summed E-state index contributed by atoms with van der Waals surface area (Å²) in [7, 11) is 0. The maximum Gasteiger partial charge on any atom is 0.306 e. The van der Waals surface area contributed by atoms with E-state index in [1.165, 1.54) is 25.7 Å². The molecule has 1 N–H and O–H groups in total. The molecular formula is C11H21O2. The van der Waals surface area contributed by atoms with Gasteiger partial charge in [0.2, 0.25) is 0 Å². The molecule has 0 saturated carbocycles. The van der Waals surface area contributed by atoms with Crippen molar-refractivity contribution in [1.82, 2.24) is 0 Å². The highest BCUT2D eigenvalue weighted by Crippen LogP contribution is 2.11. The molecule has 0 aromatic carbocycles. The Labute approximate surface area is 81.3 Å². The van der Waals surface area contributed by atoms with Gasteiger partial charge in [0, 0.05) is 0 Å². The lowest BCUT2D eigenvalue weighted by molar-refractivity contribution is -0.140. The van der Waals surface area contributed by atoms with Crippen LogP contribution in [0.1, 0.15) is 51.9 Å². The van der Waals surface area contributed by atoms with Crippen molar-refractivity contribution in [2.24, 2.45) is 5.92 Å². The van der Waals surface area contributed by atoms with Gasteiger partial charge >= 0.3 is 5.97 Å². The van der Waals surface area contributed by atoms with E-state index in [-0.39, 0.29) is 0 Å². The zero-order valence-electron chi connectivity index (χ0n) is 8.59. The van der Waals surface area contributed by atoms with Gasteiger partial charge in [0.25, 0.3) is 0 Å². The fourth-order valence-electron chi connectivity index (χ4n) is 1.29. The molecule has 0 rings (SSSR count). The lowest BCUT2D eigenvalue weighted by Crippen LogP contribution is -2.09. The molecule has 0 heterocycles. The van der Waals surface area contributed by atoms with Gasteiger partial charge in [-0.2, -0.15) is 0 Å². The molecular weight excluding hydrogens is 164 g/mol. The minimum Gasteiger partial charge on any atom is -0.481 e. The van der Waals surface area contributed by atoms with Crippen molar-refractivity contribution < 1.29 is 9.90 Å². The Morgan fingerprint density at radius 1 is 1.23 bits per heavy atom. The number of unbranched alkanes of at least 4 members (excludes halogenated alkanes) is 5. The van der Waals surface area contributed by atoms with Crippen molar-refractivity contribution in [2.45, 2.75) is 51.9 Å². The normalized spacial score (nSPS) is 12.8. The summed E-state index contributed by atoms with van der Waals surface area (Å²) < 4.78 is 0. The number of aliphatic carboxylic acids is 1. The highest BCUT2D eigenvalue weighted by Gasteiger charge is 2.09. The molecule has 0 bridgehead atoms. The third-order valence-electron chi connectivity index (χ3n) is 2.26. The summed E-state index contributed by atoms with van der Waals surface area (Å²) in [5.41, 5.74) is 0. The average Bonchev–Trinajstić information content (AvgIpc) is 2.10. The van der Waals surface area contributed by atoms with Crippen LogP contribution in [-0.4, -0.2) is 11.1 Å². The third kappa shape index (κ3) is 7.82. The largest absolute Gasteiger partial charge is 0.481 e. The van der Waals surface area contributed by atoms with E-state index in [1.54, 1.807) is 0 Å². The van der Waals surface area contributed by atoms with Gasteiger partial charge in [-0.15, -0.1) is 0 Å². The number of carboxylic acid groups (broad SMARTS) is 1. The minimum absolute atomic E-state index is 0.411. The van der Waals surface area contributed by atoms with Gasteiger partial charge in [0.1, 0.15) is 0 Å². The first-order valence-corrected chi connectivity index (χ1v) is 5.24.